The third kappa shape index (κ3) is 6.24. The summed E-state index contributed by atoms with van der Waals surface area (Å²) in [6, 6.07) is 23.6. The highest BCUT2D eigenvalue weighted by Gasteiger charge is 2.32. The maximum atomic E-state index is 13.5. The standard InChI is InChI=1S/C30H34N2O3S/c1-22-21-30(2,3)32-28-26(22)15-10-16-27(28)29(33)31-24(18-17-23-11-6-4-7-12-23)19-20-36(34,35)25-13-8-5-9-14-25/h4-16,19-20,22,24,32H,17-18,21H2,1-3H3,(H,31,33)/b20-19+/t22-,24-/m0/s1. The topological polar surface area (TPSA) is 75.3 Å². The molecular formula is C30H34N2O3S. The summed E-state index contributed by atoms with van der Waals surface area (Å²) in [7, 11) is -3.62. The minimum atomic E-state index is -3.62. The van der Waals surface area contributed by atoms with Crippen molar-refractivity contribution in [1.82, 2.24) is 5.32 Å². The number of carbonyl (C=O) groups excluding carboxylic acids is 1. The predicted molar refractivity (Wildman–Crippen MR) is 146 cm³/mol. The average molecular weight is 503 g/mol. The molecule has 0 spiro atoms. The molecule has 0 saturated heterocycles. The molecule has 0 fully saturated rings. The summed E-state index contributed by atoms with van der Waals surface area (Å²) in [5.41, 5.74) is 3.58. The van der Waals surface area contributed by atoms with Gasteiger partial charge >= 0.3 is 0 Å². The molecule has 2 N–H and O–H groups in total. The van der Waals surface area contributed by atoms with Crippen molar-refractivity contribution in [3.63, 3.8) is 0 Å². The Kier molecular flexibility index (Phi) is 7.65. The molecule has 5 nitrogen and oxygen atoms in total. The van der Waals surface area contributed by atoms with Crippen molar-refractivity contribution < 1.29 is 13.2 Å². The highest BCUT2D eigenvalue weighted by molar-refractivity contribution is 7.94. The highest BCUT2D eigenvalue weighted by Crippen LogP contribution is 2.40. The van der Waals surface area contributed by atoms with E-state index in [2.05, 4.69) is 37.5 Å². The Hall–Kier alpha value is -3.38. The molecule has 6 heteroatoms. The van der Waals surface area contributed by atoms with Gasteiger partial charge < -0.3 is 10.6 Å². The quantitative estimate of drug-likeness (QED) is 0.390. The van der Waals surface area contributed by atoms with Gasteiger partial charge in [0.25, 0.3) is 5.91 Å². The number of para-hydroxylation sites is 1. The SMILES string of the molecule is C[C@H]1CC(C)(C)Nc2c(C(=O)N[C@H](/C=C/S(=O)(=O)c3ccccc3)CCc3ccccc3)cccc21. The van der Waals surface area contributed by atoms with Crippen LogP contribution in [0.5, 0.6) is 0 Å². The van der Waals surface area contributed by atoms with E-state index in [1.165, 1.54) is 5.41 Å². The first kappa shape index (κ1) is 25.7. The molecule has 3 aromatic rings. The van der Waals surface area contributed by atoms with Crippen LogP contribution in [-0.2, 0) is 16.3 Å². The van der Waals surface area contributed by atoms with Crippen molar-refractivity contribution in [2.45, 2.75) is 62.4 Å². The summed E-state index contributed by atoms with van der Waals surface area (Å²) in [6.45, 7) is 6.46. The number of amides is 1. The molecule has 0 bridgehead atoms. The van der Waals surface area contributed by atoms with Gasteiger partial charge in [0.05, 0.1) is 16.1 Å². The van der Waals surface area contributed by atoms with Crippen molar-refractivity contribution in [2.75, 3.05) is 5.32 Å². The summed E-state index contributed by atoms with van der Waals surface area (Å²) < 4.78 is 25.7. The van der Waals surface area contributed by atoms with E-state index < -0.39 is 15.9 Å². The highest BCUT2D eigenvalue weighted by atomic mass is 32.2. The number of hydrogen-bond acceptors (Lipinski definition) is 4. The molecule has 2 atom stereocenters. The van der Waals surface area contributed by atoms with Gasteiger partial charge in [0.1, 0.15) is 0 Å². The lowest BCUT2D eigenvalue weighted by atomic mass is 9.81. The van der Waals surface area contributed by atoms with Crippen LogP contribution in [0.2, 0.25) is 0 Å². The molecule has 0 unspecified atom stereocenters. The zero-order valence-corrected chi connectivity index (χ0v) is 21.9. The zero-order valence-electron chi connectivity index (χ0n) is 21.1. The molecule has 1 heterocycles. The molecule has 188 valence electrons. The Morgan fingerprint density at radius 1 is 1.03 bits per heavy atom. The second-order valence-corrected chi connectivity index (χ2v) is 12.0. The molecule has 0 aromatic heterocycles. The van der Waals surface area contributed by atoms with E-state index in [0.717, 1.165) is 23.2 Å². The van der Waals surface area contributed by atoms with E-state index in [4.69, 9.17) is 0 Å². The van der Waals surface area contributed by atoms with E-state index >= 15 is 0 Å². The lowest BCUT2D eigenvalue weighted by Gasteiger charge is -2.38. The molecule has 3 aromatic carbocycles. The van der Waals surface area contributed by atoms with Crippen LogP contribution in [0, 0.1) is 0 Å². The summed E-state index contributed by atoms with van der Waals surface area (Å²) in [5.74, 6) is 0.109. The van der Waals surface area contributed by atoms with Gasteiger partial charge in [-0.15, -0.1) is 0 Å². The largest absolute Gasteiger partial charge is 0.379 e. The van der Waals surface area contributed by atoms with Gasteiger partial charge in [-0.3, -0.25) is 4.79 Å². The van der Waals surface area contributed by atoms with Crippen LogP contribution in [0.3, 0.4) is 0 Å². The number of carbonyl (C=O) groups is 1. The van der Waals surface area contributed by atoms with E-state index in [-0.39, 0.29) is 16.3 Å². The first-order valence-corrected chi connectivity index (χ1v) is 13.9. The molecule has 0 aliphatic carbocycles. The lowest BCUT2D eigenvalue weighted by molar-refractivity contribution is 0.0943. The smallest absolute Gasteiger partial charge is 0.253 e. The first-order chi connectivity index (χ1) is 17.1. The maximum absolute atomic E-state index is 13.5. The molecule has 1 amide bonds. The zero-order chi connectivity index (χ0) is 25.8. The Morgan fingerprint density at radius 2 is 1.69 bits per heavy atom. The Bertz CT molecular complexity index is 1330. The molecule has 1 aliphatic rings. The van der Waals surface area contributed by atoms with Gasteiger partial charge in [-0.2, -0.15) is 0 Å². The summed E-state index contributed by atoms with van der Waals surface area (Å²) in [4.78, 5) is 13.7. The van der Waals surface area contributed by atoms with Crippen LogP contribution < -0.4 is 10.6 Å². The van der Waals surface area contributed by atoms with Crippen molar-refractivity contribution in [3.05, 3.63) is 107 Å². The molecule has 4 rings (SSSR count). The molecule has 0 radical (unpaired) electrons. The maximum Gasteiger partial charge on any atom is 0.253 e. The first-order valence-electron chi connectivity index (χ1n) is 12.4. The number of benzene rings is 3. The summed E-state index contributed by atoms with van der Waals surface area (Å²) in [6.07, 6.45) is 3.85. The van der Waals surface area contributed by atoms with Gasteiger partial charge in [-0.25, -0.2) is 8.42 Å². The minimum Gasteiger partial charge on any atom is -0.379 e. The van der Waals surface area contributed by atoms with Crippen LogP contribution in [0.1, 0.15) is 61.0 Å². The van der Waals surface area contributed by atoms with Gasteiger partial charge in [0.15, 0.2) is 9.84 Å². The number of hydrogen-bond donors (Lipinski definition) is 2. The number of nitrogens with one attached hydrogen (secondary N) is 2. The fourth-order valence-electron chi connectivity index (χ4n) is 4.89. The van der Waals surface area contributed by atoms with Crippen LogP contribution >= 0.6 is 0 Å². The Labute approximate surface area is 214 Å². The van der Waals surface area contributed by atoms with Crippen molar-refractivity contribution in [2.24, 2.45) is 0 Å². The minimum absolute atomic E-state index is 0.126. The third-order valence-corrected chi connectivity index (χ3v) is 8.06. The van der Waals surface area contributed by atoms with Crippen LogP contribution in [0.25, 0.3) is 0 Å². The van der Waals surface area contributed by atoms with Gasteiger partial charge in [0.2, 0.25) is 0 Å². The van der Waals surface area contributed by atoms with Gasteiger partial charge in [-0.05, 0) is 68.4 Å². The monoisotopic (exact) mass is 502 g/mol. The Balaban J connectivity index is 1.59. The molecule has 36 heavy (non-hydrogen) atoms. The fraction of sp³-hybridized carbons (Fsp3) is 0.300. The average Bonchev–Trinajstić information content (AvgIpc) is 2.86. The van der Waals surface area contributed by atoms with Crippen molar-refractivity contribution in [1.29, 1.82) is 0 Å². The number of rotatable bonds is 8. The summed E-state index contributed by atoms with van der Waals surface area (Å²) in [5, 5.41) is 7.85. The molecular weight excluding hydrogens is 468 g/mol. The number of anilines is 1. The second kappa shape index (κ2) is 10.7. The Morgan fingerprint density at radius 3 is 2.39 bits per heavy atom. The van der Waals surface area contributed by atoms with Crippen molar-refractivity contribution in [3.8, 4) is 0 Å². The second-order valence-electron chi connectivity index (χ2n) is 10.2. The van der Waals surface area contributed by atoms with E-state index in [9.17, 15) is 13.2 Å². The van der Waals surface area contributed by atoms with E-state index in [1.54, 1.807) is 36.4 Å². The van der Waals surface area contributed by atoms with Gasteiger partial charge in [0, 0.05) is 17.0 Å². The number of fused-ring (bicyclic) bond motifs is 1. The van der Waals surface area contributed by atoms with E-state index in [1.807, 2.05) is 42.5 Å². The van der Waals surface area contributed by atoms with Crippen LogP contribution in [0.15, 0.2) is 95.2 Å². The lowest BCUT2D eigenvalue weighted by Crippen LogP contribution is -2.39. The molecule has 1 aliphatic heterocycles. The number of sulfone groups is 1. The number of aryl methyl sites for hydroxylation is 1. The third-order valence-electron chi connectivity index (χ3n) is 6.62. The summed E-state index contributed by atoms with van der Waals surface area (Å²) >= 11 is 0. The van der Waals surface area contributed by atoms with Gasteiger partial charge in [-0.1, -0.05) is 73.7 Å². The molecule has 0 saturated carbocycles. The fourth-order valence-corrected chi connectivity index (χ4v) is 5.98. The predicted octanol–water partition coefficient (Wildman–Crippen LogP) is 6.10. The normalized spacial score (nSPS) is 17.7. The van der Waals surface area contributed by atoms with Crippen LogP contribution in [-0.4, -0.2) is 25.9 Å². The van der Waals surface area contributed by atoms with Crippen LogP contribution in [0.4, 0.5) is 5.69 Å². The van der Waals surface area contributed by atoms with Crippen molar-refractivity contribution >= 4 is 21.4 Å². The van der Waals surface area contributed by atoms with E-state index in [0.29, 0.717) is 24.3 Å².